The molecular formula is C18H27N5O2. The van der Waals surface area contributed by atoms with Crippen molar-refractivity contribution in [2.24, 2.45) is 5.92 Å². The molecule has 3 rings (SSSR count). The first-order valence-corrected chi connectivity index (χ1v) is 9.05. The summed E-state index contributed by atoms with van der Waals surface area (Å²) in [4.78, 5) is 37.6. The lowest BCUT2D eigenvalue weighted by Gasteiger charge is -2.32. The molecule has 2 aliphatic rings. The number of nitrogens with zero attached hydrogens (tertiary/aromatic N) is 4. The van der Waals surface area contributed by atoms with Crippen LogP contribution in [-0.4, -0.2) is 59.8 Å². The smallest absolute Gasteiger partial charge is 0.227 e. The number of anilines is 2. The fourth-order valence-corrected chi connectivity index (χ4v) is 3.45. The second kappa shape index (κ2) is 7.47. The molecule has 0 spiro atoms. The molecule has 2 heterocycles. The Labute approximate surface area is 148 Å². The Bertz CT molecular complexity index is 634. The summed E-state index contributed by atoms with van der Waals surface area (Å²) < 4.78 is 0. The van der Waals surface area contributed by atoms with E-state index in [9.17, 15) is 9.59 Å². The molecule has 1 N–H and O–H groups in total. The van der Waals surface area contributed by atoms with Crippen LogP contribution in [0.4, 0.5) is 11.6 Å². The van der Waals surface area contributed by atoms with Crippen LogP contribution in [0.2, 0.25) is 0 Å². The predicted octanol–water partition coefficient (Wildman–Crippen LogP) is 1.54. The molecule has 1 aliphatic heterocycles. The first-order valence-electron chi connectivity index (χ1n) is 9.05. The molecule has 0 aromatic carbocycles. The van der Waals surface area contributed by atoms with Gasteiger partial charge in [-0.2, -0.15) is 0 Å². The molecule has 136 valence electrons. The standard InChI is InChI=1S/C18H27N5O2/c1-12-16(21-17(25)14-4-6-15(24)7-5-14)13(2)20-18(19-12)23-10-8-22(3)9-11-23/h14H,4-11H2,1-3H3,(H,21,25). The van der Waals surface area contributed by atoms with Crippen LogP contribution in [0.1, 0.15) is 37.1 Å². The number of Topliss-reactive ketones (excluding diaryl/α,β-unsaturated/α-hetero) is 1. The van der Waals surface area contributed by atoms with Gasteiger partial charge in [-0.1, -0.05) is 0 Å². The van der Waals surface area contributed by atoms with Crippen molar-refractivity contribution in [3.05, 3.63) is 11.4 Å². The highest BCUT2D eigenvalue weighted by atomic mass is 16.2. The van der Waals surface area contributed by atoms with Gasteiger partial charge in [-0.05, 0) is 33.7 Å². The highest BCUT2D eigenvalue weighted by Crippen LogP contribution is 2.26. The molecule has 1 amide bonds. The van der Waals surface area contributed by atoms with Gasteiger partial charge < -0.3 is 15.1 Å². The molecule has 0 unspecified atom stereocenters. The first-order chi connectivity index (χ1) is 11.9. The lowest BCUT2D eigenvalue weighted by Crippen LogP contribution is -2.45. The van der Waals surface area contributed by atoms with Gasteiger partial charge in [-0.15, -0.1) is 0 Å². The van der Waals surface area contributed by atoms with Gasteiger partial charge in [0.25, 0.3) is 0 Å². The van der Waals surface area contributed by atoms with Crippen molar-refractivity contribution >= 4 is 23.3 Å². The Kier molecular flexibility index (Phi) is 5.32. The lowest BCUT2D eigenvalue weighted by molar-refractivity contribution is -0.125. The molecule has 1 aromatic heterocycles. The summed E-state index contributed by atoms with van der Waals surface area (Å²) in [6.45, 7) is 7.65. The summed E-state index contributed by atoms with van der Waals surface area (Å²) in [6, 6.07) is 0. The van der Waals surface area contributed by atoms with E-state index in [1.165, 1.54) is 0 Å². The number of hydrogen-bond acceptors (Lipinski definition) is 6. The van der Waals surface area contributed by atoms with Crippen molar-refractivity contribution in [2.45, 2.75) is 39.5 Å². The molecule has 0 radical (unpaired) electrons. The van der Waals surface area contributed by atoms with Crippen molar-refractivity contribution in [2.75, 3.05) is 43.4 Å². The SMILES string of the molecule is Cc1nc(N2CCN(C)CC2)nc(C)c1NC(=O)C1CCC(=O)CC1. The third kappa shape index (κ3) is 4.15. The monoisotopic (exact) mass is 345 g/mol. The Morgan fingerprint density at radius 1 is 1.04 bits per heavy atom. The third-order valence-corrected chi connectivity index (χ3v) is 5.21. The van der Waals surface area contributed by atoms with Crippen LogP contribution in [0.25, 0.3) is 0 Å². The van der Waals surface area contributed by atoms with Crippen LogP contribution in [0.3, 0.4) is 0 Å². The van der Waals surface area contributed by atoms with Gasteiger partial charge in [0.2, 0.25) is 11.9 Å². The largest absolute Gasteiger partial charge is 0.338 e. The van der Waals surface area contributed by atoms with Crippen LogP contribution < -0.4 is 10.2 Å². The zero-order valence-corrected chi connectivity index (χ0v) is 15.3. The zero-order valence-electron chi connectivity index (χ0n) is 15.3. The molecule has 2 fully saturated rings. The highest BCUT2D eigenvalue weighted by molar-refractivity contribution is 5.95. The number of likely N-dealkylation sites (N-methyl/N-ethyl adjacent to an activating group) is 1. The molecule has 1 saturated heterocycles. The van der Waals surface area contributed by atoms with Crippen molar-refractivity contribution in [3.63, 3.8) is 0 Å². The molecule has 0 atom stereocenters. The molecule has 1 aromatic rings. The minimum Gasteiger partial charge on any atom is -0.338 e. The van der Waals surface area contributed by atoms with E-state index in [1.54, 1.807) is 0 Å². The number of piperazine rings is 1. The average Bonchev–Trinajstić information content (AvgIpc) is 2.59. The number of amides is 1. The van der Waals surface area contributed by atoms with Crippen LogP contribution in [0, 0.1) is 19.8 Å². The quantitative estimate of drug-likeness (QED) is 0.895. The van der Waals surface area contributed by atoms with Crippen LogP contribution >= 0.6 is 0 Å². The van der Waals surface area contributed by atoms with Crippen molar-refractivity contribution in [1.82, 2.24) is 14.9 Å². The van der Waals surface area contributed by atoms with E-state index in [-0.39, 0.29) is 17.6 Å². The predicted molar refractivity (Wildman–Crippen MR) is 96.8 cm³/mol. The zero-order chi connectivity index (χ0) is 18.0. The topological polar surface area (TPSA) is 78.4 Å². The minimum absolute atomic E-state index is 0.0188. The molecule has 0 bridgehead atoms. The maximum atomic E-state index is 12.5. The summed E-state index contributed by atoms with van der Waals surface area (Å²) in [5, 5.41) is 3.00. The van der Waals surface area contributed by atoms with Gasteiger partial charge in [0.15, 0.2) is 0 Å². The van der Waals surface area contributed by atoms with Gasteiger partial charge in [0.05, 0.1) is 17.1 Å². The van der Waals surface area contributed by atoms with E-state index in [1.807, 2.05) is 13.8 Å². The molecule has 7 nitrogen and oxygen atoms in total. The number of carbonyl (C=O) groups excluding carboxylic acids is 2. The molecule has 1 aliphatic carbocycles. The van der Waals surface area contributed by atoms with E-state index in [0.29, 0.717) is 31.4 Å². The molecule has 7 heteroatoms. The van der Waals surface area contributed by atoms with E-state index >= 15 is 0 Å². The fourth-order valence-electron chi connectivity index (χ4n) is 3.45. The number of nitrogens with one attached hydrogen (secondary N) is 1. The Balaban J connectivity index is 1.70. The van der Waals surface area contributed by atoms with Gasteiger partial charge in [0.1, 0.15) is 5.78 Å². The Morgan fingerprint density at radius 2 is 1.60 bits per heavy atom. The van der Waals surface area contributed by atoms with E-state index in [2.05, 4.69) is 32.1 Å². The van der Waals surface area contributed by atoms with Gasteiger partial charge >= 0.3 is 0 Å². The summed E-state index contributed by atoms with van der Waals surface area (Å²) >= 11 is 0. The second-order valence-corrected chi connectivity index (χ2v) is 7.16. The minimum atomic E-state index is -0.0891. The van der Waals surface area contributed by atoms with Gasteiger partial charge in [-0.3, -0.25) is 9.59 Å². The van der Waals surface area contributed by atoms with Crippen molar-refractivity contribution in [1.29, 1.82) is 0 Å². The van der Waals surface area contributed by atoms with Crippen molar-refractivity contribution < 1.29 is 9.59 Å². The number of rotatable bonds is 3. The number of carbonyl (C=O) groups is 2. The van der Waals surface area contributed by atoms with Crippen LogP contribution in [-0.2, 0) is 9.59 Å². The summed E-state index contributed by atoms with van der Waals surface area (Å²) in [6.07, 6.45) is 2.30. The number of ketones is 1. The van der Waals surface area contributed by atoms with E-state index in [4.69, 9.17) is 0 Å². The lowest BCUT2D eigenvalue weighted by atomic mass is 9.88. The van der Waals surface area contributed by atoms with Crippen molar-refractivity contribution in [3.8, 4) is 0 Å². The summed E-state index contributed by atoms with van der Waals surface area (Å²) in [5.74, 6) is 0.893. The van der Waals surface area contributed by atoms with Gasteiger partial charge in [-0.25, -0.2) is 9.97 Å². The second-order valence-electron chi connectivity index (χ2n) is 7.16. The number of aryl methyl sites for hydroxylation is 2. The molecular weight excluding hydrogens is 318 g/mol. The molecule has 25 heavy (non-hydrogen) atoms. The maximum Gasteiger partial charge on any atom is 0.227 e. The normalized spacial score (nSPS) is 20.0. The summed E-state index contributed by atoms with van der Waals surface area (Å²) in [5.41, 5.74) is 2.29. The number of hydrogen-bond donors (Lipinski definition) is 1. The van der Waals surface area contributed by atoms with E-state index < -0.39 is 0 Å². The maximum absolute atomic E-state index is 12.5. The van der Waals surface area contributed by atoms with Crippen LogP contribution in [0.5, 0.6) is 0 Å². The van der Waals surface area contributed by atoms with Gasteiger partial charge in [0, 0.05) is 44.9 Å². The first kappa shape index (κ1) is 17.8. The number of aromatic nitrogens is 2. The Morgan fingerprint density at radius 3 is 2.16 bits per heavy atom. The molecule has 1 saturated carbocycles. The average molecular weight is 345 g/mol. The fraction of sp³-hybridized carbons (Fsp3) is 0.667. The highest BCUT2D eigenvalue weighted by Gasteiger charge is 2.26. The van der Waals surface area contributed by atoms with E-state index in [0.717, 1.165) is 43.5 Å². The summed E-state index contributed by atoms with van der Waals surface area (Å²) in [7, 11) is 2.12. The third-order valence-electron chi connectivity index (χ3n) is 5.21. The van der Waals surface area contributed by atoms with Crippen LogP contribution in [0.15, 0.2) is 0 Å². The Hall–Kier alpha value is -2.02.